The monoisotopic (exact) mass is 295 g/mol. The summed E-state index contributed by atoms with van der Waals surface area (Å²) in [6.07, 6.45) is 1.71. The van der Waals surface area contributed by atoms with Gasteiger partial charge in [-0.25, -0.2) is 4.79 Å². The van der Waals surface area contributed by atoms with Crippen molar-refractivity contribution in [2.45, 2.75) is 37.7 Å². The maximum atomic E-state index is 11.5. The van der Waals surface area contributed by atoms with Gasteiger partial charge in [0, 0.05) is 11.6 Å². The quantitative estimate of drug-likeness (QED) is 0.624. The summed E-state index contributed by atoms with van der Waals surface area (Å²) in [4.78, 5) is 11.5. The van der Waals surface area contributed by atoms with Crippen molar-refractivity contribution in [1.82, 2.24) is 14.8 Å². The molecule has 2 rings (SSSR count). The van der Waals surface area contributed by atoms with Crippen molar-refractivity contribution in [3.63, 3.8) is 0 Å². The molecule has 0 fully saturated rings. The zero-order valence-electron chi connectivity index (χ0n) is 11.9. The Morgan fingerprint density at radius 3 is 2.95 bits per heavy atom. The number of methoxy groups -OCH3 is 1. The van der Waals surface area contributed by atoms with E-state index in [1.165, 1.54) is 18.9 Å². The van der Waals surface area contributed by atoms with Gasteiger partial charge in [-0.3, -0.25) is 0 Å². The topological polar surface area (TPSA) is 70.2 Å². The molecule has 2 aromatic rings. The maximum Gasteiger partial charge on any atom is 0.374 e. The van der Waals surface area contributed by atoms with Crippen molar-refractivity contribution < 1.29 is 13.9 Å². The fourth-order valence-corrected chi connectivity index (χ4v) is 2.67. The number of aromatic nitrogens is 3. The highest BCUT2D eigenvalue weighted by molar-refractivity contribution is 7.98. The number of rotatable bonds is 5. The standard InChI is InChI=1S/C13H17N3O3S/c1-8(2)16-7-14-15-13(16)20-6-10-5-9(3)11(19-10)12(17)18-4/h5,7-8H,6H2,1-4H3. The number of hydrogen-bond acceptors (Lipinski definition) is 6. The number of hydrogen-bond donors (Lipinski definition) is 0. The lowest BCUT2D eigenvalue weighted by molar-refractivity contribution is 0.0562. The summed E-state index contributed by atoms with van der Waals surface area (Å²) in [5.74, 6) is 1.10. The Hall–Kier alpha value is -1.76. The third kappa shape index (κ3) is 3.04. The number of ether oxygens (including phenoxy) is 1. The van der Waals surface area contributed by atoms with Crippen LogP contribution in [0.15, 0.2) is 22.0 Å². The van der Waals surface area contributed by atoms with Gasteiger partial charge >= 0.3 is 5.97 Å². The second kappa shape index (κ2) is 6.13. The van der Waals surface area contributed by atoms with E-state index < -0.39 is 5.97 Å². The molecule has 2 heterocycles. The molecule has 0 radical (unpaired) electrons. The highest BCUT2D eigenvalue weighted by atomic mass is 32.2. The summed E-state index contributed by atoms with van der Waals surface area (Å²) in [6, 6.07) is 2.14. The van der Waals surface area contributed by atoms with Crippen LogP contribution in [-0.4, -0.2) is 27.8 Å². The fraction of sp³-hybridized carbons (Fsp3) is 0.462. The van der Waals surface area contributed by atoms with Gasteiger partial charge in [-0.2, -0.15) is 0 Å². The Morgan fingerprint density at radius 1 is 1.55 bits per heavy atom. The summed E-state index contributed by atoms with van der Waals surface area (Å²) in [6.45, 7) is 5.96. The average molecular weight is 295 g/mol. The summed E-state index contributed by atoms with van der Waals surface area (Å²) in [7, 11) is 1.34. The molecule has 0 saturated heterocycles. The van der Waals surface area contributed by atoms with Crippen LogP contribution in [0.2, 0.25) is 0 Å². The van der Waals surface area contributed by atoms with Gasteiger partial charge in [0.25, 0.3) is 0 Å². The molecule has 0 spiro atoms. The molecule has 0 atom stereocenters. The second-order valence-corrected chi connectivity index (χ2v) is 5.56. The van der Waals surface area contributed by atoms with Crippen molar-refractivity contribution in [2.75, 3.05) is 7.11 Å². The van der Waals surface area contributed by atoms with Crippen molar-refractivity contribution in [3.05, 3.63) is 29.5 Å². The Labute approximate surface area is 121 Å². The number of furan rings is 1. The van der Waals surface area contributed by atoms with Crippen molar-refractivity contribution >= 4 is 17.7 Å². The largest absolute Gasteiger partial charge is 0.463 e. The molecule has 20 heavy (non-hydrogen) atoms. The predicted octanol–water partition coefficient (Wildman–Crippen LogP) is 2.84. The minimum absolute atomic E-state index is 0.258. The van der Waals surface area contributed by atoms with Crippen LogP contribution in [0.3, 0.4) is 0 Å². The number of thioether (sulfide) groups is 1. The van der Waals surface area contributed by atoms with Crippen molar-refractivity contribution in [1.29, 1.82) is 0 Å². The predicted molar refractivity (Wildman–Crippen MR) is 74.8 cm³/mol. The van der Waals surface area contributed by atoms with Crippen LogP contribution in [-0.2, 0) is 10.5 Å². The fourth-order valence-electron chi connectivity index (χ4n) is 1.74. The minimum Gasteiger partial charge on any atom is -0.463 e. The Kier molecular flexibility index (Phi) is 4.49. The van der Waals surface area contributed by atoms with Gasteiger partial charge in [-0.1, -0.05) is 11.8 Å². The third-order valence-electron chi connectivity index (χ3n) is 2.78. The molecule has 0 saturated carbocycles. The van der Waals surface area contributed by atoms with Crippen LogP contribution in [0.1, 0.15) is 41.8 Å². The van der Waals surface area contributed by atoms with Crippen LogP contribution in [0.4, 0.5) is 0 Å². The van der Waals surface area contributed by atoms with Crippen LogP contribution in [0.25, 0.3) is 0 Å². The molecule has 0 aliphatic heterocycles. The SMILES string of the molecule is COC(=O)c1oc(CSc2nncn2C(C)C)cc1C. The lowest BCUT2D eigenvalue weighted by atomic mass is 10.3. The van der Waals surface area contributed by atoms with E-state index in [2.05, 4.69) is 28.8 Å². The van der Waals surface area contributed by atoms with E-state index in [1.807, 2.05) is 17.6 Å². The minimum atomic E-state index is -0.455. The second-order valence-electron chi connectivity index (χ2n) is 4.62. The first-order chi connectivity index (χ1) is 9.52. The molecule has 0 aromatic carbocycles. The molecule has 0 N–H and O–H groups in total. The van der Waals surface area contributed by atoms with Gasteiger partial charge in [-0.05, 0) is 26.8 Å². The van der Waals surface area contributed by atoms with E-state index >= 15 is 0 Å². The number of aryl methyl sites for hydroxylation is 1. The van der Waals surface area contributed by atoms with E-state index in [4.69, 9.17) is 4.42 Å². The third-order valence-corrected chi connectivity index (χ3v) is 3.76. The zero-order chi connectivity index (χ0) is 14.7. The molecule has 2 aromatic heterocycles. The van der Waals surface area contributed by atoms with E-state index in [0.717, 1.165) is 10.7 Å². The lowest BCUT2D eigenvalue weighted by Crippen LogP contribution is -2.01. The van der Waals surface area contributed by atoms with Crippen LogP contribution >= 0.6 is 11.8 Å². The molecule has 6 nitrogen and oxygen atoms in total. The van der Waals surface area contributed by atoms with E-state index in [-0.39, 0.29) is 5.76 Å². The van der Waals surface area contributed by atoms with Crippen LogP contribution in [0.5, 0.6) is 0 Å². The Bertz CT molecular complexity index is 604. The molecule has 7 heteroatoms. The summed E-state index contributed by atoms with van der Waals surface area (Å²) < 4.78 is 12.2. The molecular weight excluding hydrogens is 278 g/mol. The van der Waals surface area contributed by atoms with Crippen molar-refractivity contribution in [3.8, 4) is 0 Å². The molecule has 108 valence electrons. The van der Waals surface area contributed by atoms with Gasteiger partial charge in [0.15, 0.2) is 5.16 Å². The number of carbonyl (C=O) groups is 1. The molecule has 0 aliphatic carbocycles. The molecular formula is C13H17N3O3S. The summed E-state index contributed by atoms with van der Waals surface area (Å²) in [5, 5.41) is 8.81. The summed E-state index contributed by atoms with van der Waals surface area (Å²) >= 11 is 1.52. The first-order valence-electron chi connectivity index (χ1n) is 6.22. The normalized spacial score (nSPS) is 11.1. The van der Waals surface area contributed by atoms with E-state index in [9.17, 15) is 4.79 Å². The number of nitrogens with zero attached hydrogens (tertiary/aromatic N) is 3. The van der Waals surface area contributed by atoms with E-state index in [0.29, 0.717) is 17.6 Å². The van der Waals surface area contributed by atoms with Gasteiger partial charge < -0.3 is 13.7 Å². The van der Waals surface area contributed by atoms with Gasteiger partial charge in [0.05, 0.1) is 12.9 Å². The van der Waals surface area contributed by atoms with Crippen LogP contribution < -0.4 is 0 Å². The van der Waals surface area contributed by atoms with Crippen molar-refractivity contribution in [2.24, 2.45) is 0 Å². The molecule has 0 amide bonds. The zero-order valence-corrected chi connectivity index (χ0v) is 12.7. The molecule has 0 aliphatic rings. The molecule has 0 unspecified atom stereocenters. The molecule has 0 bridgehead atoms. The Balaban J connectivity index is 2.08. The number of esters is 1. The van der Waals surface area contributed by atoms with E-state index in [1.54, 1.807) is 6.33 Å². The van der Waals surface area contributed by atoms with Crippen LogP contribution in [0, 0.1) is 6.92 Å². The van der Waals surface area contributed by atoms with Gasteiger partial charge in [0.1, 0.15) is 12.1 Å². The number of carbonyl (C=O) groups excluding carboxylic acids is 1. The summed E-state index contributed by atoms with van der Waals surface area (Å²) in [5.41, 5.74) is 0.776. The Morgan fingerprint density at radius 2 is 2.30 bits per heavy atom. The lowest BCUT2D eigenvalue weighted by Gasteiger charge is -2.08. The first kappa shape index (κ1) is 14.6. The van der Waals surface area contributed by atoms with Gasteiger partial charge in [-0.15, -0.1) is 10.2 Å². The highest BCUT2D eigenvalue weighted by Gasteiger charge is 2.17. The first-order valence-corrected chi connectivity index (χ1v) is 7.21. The smallest absolute Gasteiger partial charge is 0.374 e. The van der Waals surface area contributed by atoms with Gasteiger partial charge in [0.2, 0.25) is 5.76 Å². The highest BCUT2D eigenvalue weighted by Crippen LogP contribution is 2.25. The average Bonchev–Trinajstić information content (AvgIpc) is 3.01. The maximum absolute atomic E-state index is 11.5.